The van der Waals surface area contributed by atoms with Gasteiger partial charge in [0.05, 0.1) is 0 Å². The fraction of sp³-hybridized carbons (Fsp3) is 0.368. The molecule has 1 unspecified atom stereocenters. The summed E-state index contributed by atoms with van der Waals surface area (Å²) in [4.78, 5) is 0. The lowest BCUT2D eigenvalue weighted by Gasteiger charge is -2.29. The summed E-state index contributed by atoms with van der Waals surface area (Å²) in [5, 5.41) is 11.9. The van der Waals surface area contributed by atoms with Crippen molar-refractivity contribution in [2.75, 3.05) is 13.2 Å². The van der Waals surface area contributed by atoms with Gasteiger partial charge in [-0.25, -0.2) is 0 Å². The fourth-order valence-electron chi connectivity index (χ4n) is 2.70. The smallest absolute Gasteiger partial charge is 0.252 e. The van der Waals surface area contributed by atoms with Crippen molar-refractivity contribution in [1.82, 2.24) is 0 Å². The van der Waals surface area contributed by atoms with Gasteiger partial charge in [0.25, 0.3) is 8.32 Å². The number of benzene rings is 2. The molecule has 0 aliphatic carbocycles. The largest absolute Gasteiger partial charge is 0.408 e. The number of aliphatic hydroxyl groups excluding tert-OH is 1. The first-order valence-electron chi connectivity index (χ1n) is 8.06. The molecule has 0 aliphatic rings. The van der Waals surface area contributed by atoms with E-state index in [-0.39, 0.29) is 6.61 Å². The van der Waals surface area contributed by atoms with Gasteiger partial charge in [-0.1, -0.05) is 74.0 Å². The molecule has 0 fully saturated rings. The molecule has 2 aromatic carbocycles. The average Bonchev–Trinajstić information content (AvgIpc) is 2.60. The molecule has 0 saturated carbocycles. The topological polar surface area (TPSA) is 29.5 Å². The maximum atomic E-state index is 9.35. The van der Waals surface area contributed by atoms with Gasteiger partial charge in [0.15, 0.2) is 0 Å². The lowest BCUT2D eigenvalue weighted by atomic mass is 10.1. The third kappa shape index (κ3) is 4.06. The van der Waals surface area contributed by atoms with E-state index in [0.29, 0.717) is 12.5 Å². The summed E-state index contributed by atoms with van der Waals surface area (Å²) in [5.41, 5.74) is 0. The zero-order valence-electron chi connectivity index (χ0n) is 13.5. The van der Waals surface area contributed by atoms with Crippen LogP contribution >= 0.6 is 0 Å². The van der Waals surface area contributed by atoms with E-state index in [0.717, 1.165) is 12.8 Å². The first-order chi connectivity index (χ1) is 10.7. The highest BCUT2D eigenvalue weighted by molar-refractivity contribution is 6.96. The van der Waals surface area contributed by atoms with Crippen LogP contribution in [-0.4, -0.2) is 26.6 Å². The summed E-state index contributed by atoms with van der Waals surface area (Å²) in [6.07, 6.45) is 1.91. The highest BCUT2D eigenvalue weighted by atomic mass is 28.4. The van der Waals surface area contributed by atoms with Crippen LogP contribution < -0.4 is 10.4 Å². The molecule has 0 spiro atoms. The van der Waals surface area contributed by atoms with Crippen LogP contribution in [0.2, 0.25) is 6.55 Å². The summed E-state index contributed by atoms with van der Waals surface area (Å²) in [5.74, 6) is 0.338. The van der Waals surface area contributed by atoms with Gasteiger partial charge < -0.3 is 9.53 Å². The van der Waals surface area contributed by atoms with E-state index in [4.69, 9.17) is 4.43 Å². The van der Waals surface area contributed by atoms with Gasteiger partial charge in [0.1, 0.15) is 0 Å². The average molecular weight is 315 g/mol. The summed E-state index contributed by atoms with van der Waals surface area (Å²) in [6.45, 7) is 5.32. The zero-order valence-corrected chi connectivity index (χ0v) is 14.5. The molecule has 0 aromatic heterocycles. The number of rotatable bonds is 8. The molecule has 0 radical (unpaired) electrons. The SMILES string of the molecule is CCC(CO)CCO[Si](C)(c1ccccc1)c1ccccc1. The second-order valence-corrected chi connectivity index (χ2v) is 9.37. The highest BCUT2D eigenvalue weighted by Crippen LogP contribution is 2.12. The Balaban J connectivity index is 2.20. The molecule has 118 valence electrons. The van der Waals surface area contributed by atoms with Crippen molar-refractivity contribution < 1.29 is 9.53 Å². The molecule has 2 aromatic rings. The minimum absolute atomic E-state index is 0.245. The van der Waals surface area contributed by atoms with Crippen LogP contribution in [0.25, 0.3) is 0 Å². The molecule has 22 heavy (non-hydrogen) atoms. The van der Waals surface area contributed by atoms with Crippen molar-refractivity contribution in [2.24, 2.45) is 5.92 Å². The molecule has 2 nitrogen and oxygen atoms in total. The van der Waals surface area contributed by atoms with Crippen molar-refractivity contribution in [3.63, 3.8) is 0 Å². The second-order valence-electron chi connectivity index (χ2n) is 5.86. The highest BCUT2D eigenvalue weighted by Gasteiger charge is 2.33. The van der Waals surface area contributed by atoms with Crippen molar-refractivity contribution in [3.05, 3.63) is 60.7 Å². The Morgan fingerprint density at radius 3 is 1.86 bits per heavy atom. The molecule has 0 heterocycles. The van der Waals surface area contributed by atoms with E-state index < -0.39 is 8.32 Å². The van der Waals surface area contributed by atoms with Crippen LogP contribution in [0.15, 0.2) is 60.7 Å². The van der Waals surface area contributed by atoms with Gasteiger partial charge >= 0.3 is 0 Å². The summed E-state index contributed by atoms with van der Waals surface area (Å²) >= 11 is 0. The Labute approximate surface area is 134 Å². The Hall–Kier alpha value is -1.42. The van der Waals surface area contributed by atoms with E-state index in [1.165, 1.54) is 10.4 Å². The first kappa shape index (κ1) is 16.9. The van der Waals surface area contributed by atoms with Gasteiger partial charge in [-0.05, 0) is 29.3 Å². The number of hydrogen-bond donors (Lipinski definition) is 1. The maximum Gasteiger partial charge on any atom is 0.252 e. The Bertz CT molecular complexity index is 498. The summed E-state index contributed by atoms with van der Waals surface area (Å²) in [7, 11) is -2.18. The second kappa shape index (κ2) is 8.27. The van der Waals surface area contributed by atoms with Crippen molar-refractivity contribution in [2.45, 2.75) is 26.3 Å². The van der Waals surface area contributed by atoms with Gasteiger partial charge in [-0.3, -0.25) is 0 Å². The quantitative estimate of drug-likeness (QED) is 0.759. The third-order valence-corrected chi connectivity index (χ3v) is 8.05. The van der Waals surface area contributed by atoms with E-state index in [2.05, 4.69) is 62.0 Å². The molecular formula is C19H26O2Si. The molecule has 0 saturated heterocycles. The Morgan fingerprint density at radius 1 is 0.955 bits per heavy atom. The zero-order chi connectivity index (χ0) is 15.8. The van der Waals surface area contributed by atoms with Crippen LogP contribution in [0.3, 0.4) is 0 Å². The van der Waals surface area contributed by atoms with E-state index >= 15 is 0 Å². The van der Waals surface area contributed by atoms with Crippen molar-refractivity contribution in [1.29, 1.82) is 0 Å². The third-order valence-electron chi connectivity index (χ3n) is 4.40. The summed E-state index contributed by atoms with van der Waals surface area (Å²) in [6, 6.07) is 21.1. The van der Waals surface area contributed by atoms with Crippen LogP contribution in [0.5, 0.6) is 0 Å². The number of aliphatic hydroxyl groups is 1. The van der Waals surface area contributed by atoms with Gasteiger partial charge in [-0.2, -0.15) is 0 Å². The molecule has 0 bridgehead atoms. The number of hydrogen-bond acceptors (Lipinski definition) is 2. The Kier molecular flexibility index (Phi) is 6.37. The predicted molar refractivity (Wildman–Crippen MR) is 95.2 cm³/mol. The van der Waals surface area contributed by atoms with Gasteiger partial charge in [-0.15, -0.1) is 0 Å². The van der Waals surface area contributed by atoms with E-state index in [9.17, 15) is 5.11 Å². The maximum absolute atomic E-state index is 9.35. The lowest BCUT2D eigenvalue weighted by molar-refractivity contribution is 0.187. The van der Waals surface area contributed by atoms with Crippen LogP contribution in [0, 0.1) is 5.92 Å². The molecule has 1 atom stereocenters. The van der Waals surface area contributed by atoms with Gasteiger partial charge in [0.2, 0.25) is 0 Å². The summed E-state index contributed by atoms with van der Waals surface area (Å²) < 4.78 is 6.46. The molecule has 3 heteroatoms. The van der Waals surface area contributed by atoms with Crippen molar-refractivity contribution in [3.8, 4) is 0 Å². The molecular weight excluding hydrogens is 288 g/mol. The van der Waals surface area contributed by atoms with E-state index in [1.807, 2.05) is 12.1 Å². The standard InChI is InChI=1S/C19H26O2Si/c1-3-17(16-20)14-15-21-22(2,18-10-6-4-7-11-18)19-12-8-5-9-13-19/h4-13,17,20H,3,14-16H2,1-2H3. The molecule has 2 rings (SSSR count). The monoisotopic (exact) mass is 314 g/mol. The minimum atomic E-state index is -2.18. The molecule has 0 aliphatic heterocycles. The minimum Gasteiger partial charge on any atom is -0.408 e. The first-order valence-corrected chi connectivity index (χ1v) is 10.5. The van der Waals surface area contributed by atoms with E-state index in [1.54, 1.807) is 0 Å². The predicted octanol–water partition coefficient (Wildman–Crippen LogP) is 2.80. The van der Waals surface area contributed by atoms with Crippen LogP contribution in [0.1, 0.15) is 19.8 Å². The molecule has 0 amide bonds. The van der Waals surface area contributed by atoms with Crippen LogP contribution in [-0.2, 0) is 4.43 Å². The molecule has 1 N–H and O–H groups in total. The van der Waals surface area contributed by atoms with Gasteiger partial charge in [0, 0.05) is 13.2 Å². The fourth-order valence-corrected chi connectivity index (χ4v) is 5.55. The Morgan fingerprint density at radius 2 is 1.45 bits per heavy atom. The lowest BCUT2D eigenvalue weighted by Crippen LogP contribution is -2.58. The normalized spacial score (nSPS) is 13.0. The van der Waals surface area contributed by atoms with Crippen molar-refractivity contribution >= 4 is 18.7 Å². The van der Waals surface area contributed by atoms with Crippen LogP contribution in [0.4, 0.5) is 0 Å².